The first-order valence-electron chi connectivity index (χ1n) is 6.67. The fourth-order valence-corrected chi connectivity index (χ4v) is 4.29. The van der Waals surface area contributed by atoms with Gasteiger partial charge in [-0.25, -0.2) is 8.42 Å². The Balaban J connectivity index is 2.36. The maximum absolute atomic E-state index is 12.8. The van der Waals surface area contributed by atoms with E-state index in [4.69, 9.17) is 16.3 Å². The van der Waals surface area contributed by atoms with E-state index >= 15 is 0 Å². The second-order valence-corrected chi connectivity index (χ2v) is 7.20. The molecule has 6 heteroatoms. The van der Waals surface area contributed by atoms with Crippen LogP contribution in [-0.2, 0) is 20.6 Å². The number of sulfonamides is 1. The van der Waals surface area contributed by atoms with Crippen molar-refractivity contribution < 1.29 is 13.2 Å². The summed E-state index contributed by atoms with van der Waals surface area (Å²) in [7, 11) is -1.90. The van der Waals surface area contributed by atoms with E-state index < -0.39 is 10.0 Å². The molecule has 0 N–H and O–H groups in total. The third-order valence-electron chi connectivity index (χ3n) is 3.46. The SMILES string of the molecule is COCCN(C1CC1)S(=O)(=O)c1cc(CCl)ccc1C. The summed E-state index contributed by atoms with van der Waals surface area (Å²) >= 11 is 5.81. The molecule has 2 rings (SSSR count). The highest BCUT2D eigenvalue weighted by Crippen LogP contribution is 2.33. The van der Waals surface area contributed by atoms with E-state index in [-0.39, 0.29) is 6.04 Å². The molecular formula is C14H20ClNO3S. The Kier molecular flexibility index (Phi) is 5.07. The van der Waals surface area contributed by atoms with Crippen molar-refractivity contribution in [3.8, 4) is 0 Å². The van der Waals surface area contributed by atoms with E-state index in [2.05, 4.69) is 0 Å². The predicted molar refractivity (Wildman–Crippen MR) is 79.5 cm³/mol. The van der Waals surface area contributed by atoms with Gasteiger partial charge in [0.1, 0.15) is 0 Å². The summed E-state index contributed by atoms with van der Waals surface area (Å²) in [6, 6.07) is 5.47. The fraction of sp³-hybridized carbons (Fsp3) is 0.571. The van der Waals surface area contributed by atoms with Crippen LogP contribution in [0.4, 0.5) is 0 Å². The summed E-state index contributed by atoms with van der Waals surface area (Å²) in [6.45, 7) is 2.62. The quantitative estimate of drug-likeness (QED) is 0.726. The summed E-state index contributed by atoms with van der Waals surface area (Å²) in [4.78, 5) is 0.360. The van der Waals surface area contributed by atoms with Crippen molar-refractivity contribution >= 4 is 21.6 Å². The first kappa shape index (κ1) is 15.8. The molecule has 1 aliphatic rings. The number of hydrogen-bond donors (Lipinski definition) is 0. The van der Waals surface area contributed by atoms with Crippen LogP contribution in [-0.4, -0.2) is 39.0 Å². The van der Waals surface area contributed by atoms with Crippen molar-refractivity contribution in [1.82, 2.24) is 4.31 Å². The summed E-state index contributed by atoms with van der Waals surface area (Å²) in [5, 5.41) is 0. The normalized spacial score (nSPS) is 15.8. The van der Waals surface area contributed by atoms with E-state index in [0.717, 1.165) is 24.0 Å². The Morgan fingerprint density at radius 3 is 2.65 bits per heavy atom. The standard InChI is InChI=1S/C14H20ClNO3S/c1-11-3-4-12(10-15)9-14(11)20(17,18)16(7-8-19-2)13-5-6-13/h3-4,9,13H,5-8,10H2,1-2H3. The van der Waals surface area contributed by atoms with Gasteiger partial charge in [-0.2, -0.15) is 4.31 Å². The molecule has 1 saturated carbocycles. The lowest BCUT2D eigenvalue weighted by Crippen LogP contribution is -2.36. The molecule has 0 heterocycles. The molecule has 0 unspecified atom stereocenters. The highest BCUT2D eigenvalue weighted by molar-refractivity contribution is 7.89. The fourth-order valence-electron chi connectivity index (χ4n) is 2.17. The number of aryl methyl sites for hydroxylation is 1. The average Bonchev–Trinajstić information content (AvgIpc) is 3.24. The van der Waals surface area contributed by atoms with Crippen LogP contribution in [0.15, 0.2) is 23.1 Å². The number of nitrogens with zero attached hydrogens (tertiary/aromatic N) is 1. The van der Waals surface area contributed by atoms with Crippen LogP contribution in [0.1, 0.15) is 24.0 Å². The molecular weight excluding hydrogens is 298 g/mol. The van der Waals surface area contributed by atoms with Crippen LogP contribution >= 0.6 is 11.6 Å². The third kappa shape index (κ3) is 3.34. The molecule has 4 nitrogen and oxygen atoms in total. The Morgan fingerprint density at radius 1 is 1.40 bits per heavy atom. The molecule has 112 valence electrons. The summed E-state index contributed by atoms with van der Waals surface area (Å²) in [5.41, 5.74) is 1.57. The molecule has 1 aromatic rings. The largest absolute Gasteiger partial charge is 0.383 e. The molecule has 1 aliphatic carbocycles. The maximum Gasteiger partial charge on any atom is 0.243 e. The van der Waals surface area contributed by atoms with Gasteiger partial charge in [-0.1, -0.05) is 12.1 Å². The van der Waals surface area contributed by atoms with Crippen LogP contribution in [0, 0.1) is 6.92 Å². The van der Waals surface area contributed by atoms with Crippen LogP contribution in [0.5, 0.6) is 0 Å². The first-order chi connectivity index (χ1) is 9.50. The number of rotatable bonds is 7. The minimum absolute atomic E-state index is 0.120. The van der Waals surface area contributed by atoms with Crippen molar-refractivity contribution in [1.29, 1.82) is 0 Å². The van der Waals surface area contributed by atoms with E-state index in [0.29, 0.717) is 23.9 Å². The zero-order valence-corrected chi connectivity index (χ0v) is 13.4. The van der Waals surface area contributed by atoms with E-state index in [1.165, 1.54) is 0 Å². The first-order valence-corrected chi connectivity index (χ1v) is 8.64. The van der Waals surface area contributed by atoms with Gasteiger partial charge in [0.2, 0.25) is 10.0 Å². The molecule has 0 radical (unpaired) electrons. The molecule has 0 aliphatic heterocycles. The zero-order valence-electron chi connectivity index (χ0n) is 11.8. The number of alkyl halides is 1. The van der Waals surface area contributed by atoms with Gasteiger partial charge in [-0.3, -0.25) is 0 Å². The second-order valence-electron chi connectivity index (χ2n) is 5.07. The maximum atomic E-state index is 12.8. The molecule has 0 aromatic heterocycles. The highest BCUT2D eigenvalue weighted by atomic mass is 35.5. The number of ether oxygens (including phenoxy) is 1. The predicted octanol–water partition coefficient (Wildman–Crippen LogP) is 2.53. The van der Waals surface area contributed by atoms with Crippen LogP contribution in [0.25, 0.3) is 0 Å². The van der Waals surface area contributed by atoms with E-state index in [1.54, 1.807) is 17.5 Å². The monoisotopic (exact) mass is 317 g/mol. The molecule has 20 heavy (non-hydrogen) atoms. The van der Waals surface area contributed by atoms with Gasteiger partial charge < -0.3 is 4.74 Å². The lowest BCUT2D eigenvalue weighted by Gasteiger charge is -2.22. The van der Waals surface area contributed by atoms with Gasteiger partial charge in [0.05, 0.1) is 11.5 Å². The lowest BCUT2D eigenvalue weighted by molar-refractivity contribution is 0.177. The molecule has 1 fully saturated rings. The second kappa shape index (κ2) is 6.43. The number of halogens is 1. The Bertz CT molecular complexity index is 570. The molecule has 0 saturated heterocycles. The number of benzene rings is 1. The average molecular weight is 318 g/mol. The summed E-state index contributed by atoms with van der Waals surface area (Å²) in [6.07, 6.45) is 1.86. The van der Waals surface area contributed by atoms with Crippen LogP contribution in [0.2, 0.25) is 0 Å². The van der Waals surface area contributed by atoms with Crippen molar-refractivity contribution in [2.24, 2.45) is 0 Å². The summed E-state index contributed by atoms with van der Waals surface area (Å²) < 4.78 is 32.3. The minimum atomic E-state index is -3.48. The minimum Gasteiger partial charge on any atom is -0.383 e. The third-order valence-corrected chi connectivity index (χ3v) is 5.87. The van der Waals surface area contributed by atoms with Crippen molar-refractivity contribution in [2.45, 2.75) is 36.6 Å². The zero-order chi connectivity index (χ0) is 14.8. The smallest absolute Gasteiger partial charge is 0.243 e. The number of methoxy groups -OCH3 is 1. The highest BCUT2D eigenvalue weighted by Gasteiger charge is 2.38. The van der Waals surface area contributed by atoms with Gasteiger partial charge >= 0.3 is 0 Å². The van der Waals surface area contributed by atoms with Crippen molar-refractivity contribution in [3.63, 3.8) is 0 Å². The van der Waals surface area contributed by atoms with Crippen LogP contribution in [0.3, 0.4) is 0 Å². The topological polar surface area (TPSA) is 46.6 Å². The Labute approximate surface area is 125 Å². The van der Waals surface area contributed by atoms with Crippen molar-refractivity contribution in [2.75, 3.05) is 20.3 Å². The van der Waals surface area contributed by atoms with Gasteiger partial charge in [0.15, 0.2) is 0 Å². The van der Waals surface area contributed by atoms with Gasteiger partial charge in [-0.15, -0.1) is 11.6 Å². The summed E-state index contributed by atoms with van der Waals surface area (Å²) in [5.74, 6) is 0.310. The molecule has 0 bridgehead atoms. The van der Waals surface area contributed by atoms with Gasteiger partial charge in [0, 0.05) is 25.6 Å². The van der Waals surface area contributed by atoms with Crippen molar-refractivity contribution in [3.05, 3.63) is 29.3 Å². The van der Waals surface area contributed by atoms with Gasteiger partial charge in [0.25, 0.3) is 0 Å². The molecule has 0 amide bonds. The Morgan fingerprint density at radius 2 is 2.10 bits per heavy atom. The molecule has 0 spiro atoms. The van der Waals surface area contributed by atoms with E-state index in [1.807, 2.05) is 19.1 Å². The van der Waals surface area contributed by atoms with Gasteiger partial charge in [-0.05, 0) is 37.0 Å². The van der Waals surface area contributed by atoms with E-state index in [9.17, 15) is 8.42 Å². The molecule has 1 aromatic carbocycles. The molecule has 0 atom stereocenters. The Hall–Kier alpha value is -0.620. The van der Waals surface area contributed by atoms with Crippen LogP contribution < -0.4 is 0 Å². The lowest BCUT2D eigenvalue weighted by atomic mass is 10.2. The number of hydrogen-bond acceptors (Lipinski definition) is 3.